The monoisotopic (exact) mass is 371 g/mol. The highest BCUT2D eigenvalue weighted by molar-refractivity contribution is 5.98. The van der Waals surface area contributed by atoms with Gasteiger partial charge in [0.25, 0.3) is 5.91 Å². The first-order valence-electron chi connectivity index (χ1n) is 8.79. The van der Waals surface area contributed by atoms with E-state index in [0.29, 0.717) is 16.9 Å². The Morgan fingerprint density at radius 1 is 1.11 bits per heavy atom. The molecule has 1 atom stereocenters. The van der Waals surface area contributed by atoms with Crippen LogP contribution in [0.3, 0.4) is 0 Å². The van der Waals surface area contributed by atoms with Crippen molar-refractivity contribution in [2.45, 2.75) is 46.6 Å². The van der Waals surface area contributed by atoms with Gasteiger partial charge in [-0.05, 0) is 27.7 Å². The zero-order valence-electron chi connectivity index (χ0n) is 16.3. The van der Waals surface area contributed by atoms with Crippen molar-refractivity contribution in [2.75, 3.05) is 5.32 Å². The molecule has 0 bridgehead atoms. The van der Waals surface area contributed by atoms with Gasteiger partial charge in [0.15, 0.2) is 11.9 Å². The van der Waals surface area contributed by atoms with Gasteiger partial charge < -0.3 is 10.1 Å². The van der Waals surface area contributed by atoms with E-state index in [1.165, 1.54) is 6.92 Å². The second kappa shape index (κ2) is 8.62. The quantitative estimate of drug-likeness (QED) is 0.597. The lowest BCUT2D eigenvalue weighted by molar-refractivity contribution is -0.153. The van der Waals surface area contributed by atoms with Crippen molar-refractivity contribution in [3.05, 3.63) is 46.8 Å². The molecule has 0 radical (unpaired) electrons. The minimum Gasteiger partial charge on any atom is -0.453 e. The number of aryl methyl sites for hydroxylation is 3. The van der Waals surface area contributed by atoms with Crippen molar-refractivity contribution >= 4 is 23.3 Å². The third-order valence-electron chi connectivity index (χ3n) is 4.36. The lowest BCUT2D eigenvalue weighted by Gasteiger charge is -2.13. The summed E-state index contributed by atoms with van der Waals surface area (Å²) in [6, 6.07) is 7.16. The molecule has 0 aliphatic heterocycles. The fourth-order valence-electron chi connectivity index (χ4n) is 2.59. The Bertz CT molecular complexity index is 853. The maximum absolute atomic E-state index is 12.3. The maximum atomic E-state index is 12.3. The Morgan fingerprint density at radius 2 is 1.74 bits per heavy atom. The summed E-state index contributed by atoms with van der Waals surface area (Å²) in [5, 5.41) is 6.96. The van der Waals surface area contributed by atoms with Gasteiger partial charge in [0.2, 0.25) is 0 Å². The first-order chi connectivity index (χ1) is 12.7. The normalized spacial score (nSPS) is 11.7. The van der Waals surface area contributed by atoms with Crippen LogP contribution in [0.1, 0.15) is 47.1 Å². The van der Waals surface area contributed by atoms with Crippen LogP contribution in [-0.2, 0) is 21.4 Å². The van der Waals surface area contributed by atoms with E-state index in [9.17, 15) is 14.4 Å². The third-order valence-corrected chi connectivity index (χ3v) is 4.36. The van der Waals surface area contributed by atoms with E-state index in [4.69, 9.17) is 4.74 Å². The predicted molar refractivity (Wildman–Crippen MR) is 102 cm³/mol. The molecule has 0 aliphatic carbocycles. The summed E-state index contributed by atoms with van der Waals surface area (Å²) < 4.78 is 6.81. The molecule has 1 amide bonds. The minimum absolute atomic E-state index is 0.0387. The molecule has 0 saturated carbocycles. The van der Waals surface area contributed by atoms with Gasteiger partial charge >= 0.3 is 5.97 Å². The van der Waals surface area contributed by atoms with Gasteiger partial charge in [-0.15, -0.1) is 0 Å². The number of carbonyl (C=O) groups excluding carboxylic acids is 3. The molecule has 0 fully saturated rings. The van der Waals surface area contributed by atoms with Crippen molar-refractivity contribution in [1.29, 1.82) is 0 Å². The summed E-state index contributed by atoms with van der Waals surface area (Å²) >= 11 is 0. The Balaban J connectivity index is 1.84. The number of rotatable bonds is 7. The Morgan fingerprint density at radius 3 is 2.30 bits per heavy atom. The van der Waals surface area contributed by atoms with Crippen LogP contribution in [0.4, 0.5) is 5.69 Å². The van der Waals surface area contributed by atoms with Gasteiger partial charge in [-0.1, -0.05) is 29.8 Å². The molecule has 2 rings (SSSR count). The number of aromatic nitrogens is 2. The average molecular weight is 371 g/mol. The molecular weight excluding hydrogens is 346 g/mol. The molecule has 0 aliphatic rings. The molecule has 1 aromatic heterocycles. The summed E-state index contributed by atoms with van der Waals surface area (Å²) in [5.74, 6) is -1.16. The number of hydrogen-bond acceptors (Lipinski definition) is 5. The van der Waals surface area contributed by atoms with Crippen molar-refractivity contribution in [1.82, 2.24) is 9.78 Å². The van der Waals surface area contributed by atoms with Crippen LogP contribution in [0.15, 0.2) is 24.3 Å². The molecule has 1 aromatic carbocycles. The fraction of sp³-hybridized carbons (Fsp3) is 0.400. The lowest BCUT2D eigenvalue weighted by Crippen LogP contribution is -2.30. The fourth-order valence-corrected chi connectivity index (χ4v) is 2.59. The van der Waals surface area contributed by atoms with Crippen LogP contribution < -0.4 is 5.32 Å². The van der Waals surface area contributed by atoms with E-state index in [-0.39, 0.29) is 18.6 Å². The van der Waals surface area contributed by atoms with E-state index < -0.39 is 18.0 Å². The van der Waals surface area contributed by atoms with Crippen molar-refractivity contribution < 1.29 is 19.1 Å². The first kappa shape index (κ1) is 20.4. The average Bonchev–Trinajstić information content (AvgIpc) is 2.86. The smallest absolute Gasteiger partial charge is 0.307 e. The second-order valence-corrected chi connectivity index (χ2v) is 6.58. The number of amides is 1. The number of anilines is 1. The molecule has 0 saturated heterocycles. The zero-order chi connectivity index (χ0) is 20.1. The van der Waals surface area contributed by atoms with Gasteiger partial charge in [-0.25, -0.2) is 0 Å². The molecule has 1 N–H and O–H groups in total. The summed E-state index contributed by atoms with van der Waals surface area (Å²) in [7, 11) is 1.78. The van der Waals surface area contributed by atoms with E-state index in [2.05, 4.69) is 10.4 Å². The van der Waals surface area contributed by atoms with Gasteiger partial charge in [0, 0.05) is 19.0 Å². The second-order valence-electron chi connectivity index (χ2n) is 6.58. The summed E-state index contributed by atoms with van der Waals surface area (Å²) in [6.45, 7) is 7.06. The number of Topliss-reactive ketones (excluding diaryl/α,β-unsaturated/α-hetero) is 1. The maximum Gasteiger partial charge on any atom is 0.307 e. The molecule has 7 heteroatoms. The first-order valence-corrected chi connectivity index (χ1v) is 8.79. The standard InChI is InChI=1S/C20H25N3O4/c1-12-6-8-16(9-7-12)17(24)10-11-18(25)27-15(4)20(26)21-19-13(2)22-23(5)14(19)3/h6-9,15H,10-11H2,1-5H3,(H,21,26)/t15-/m0/s1. The molecular formula is C20H25N3O4. The number of carbonyl (C=O) groups is 3. The summed E-state index contributed by atoms with van der Waals surface area (Å²) in [5.41, 5.74) is 3.72. The van der Waals surface area contributed by atoms with Gasteiger partial charge in [0.1, 0.15) is 0 Å². The zero-order valence-corrected chi connectivity index (χ0v) is 16.3. The van der Waals surface area contributed by atoms with E-state index in [1.54, 1.807) is 30.8 Å². The number of benzene rings is 1. The number of hydrogen-bond donors (Lipinski definition) is 1. The van der Waals surface area contributed by atoms with Crippen LogP contribution in [0.25, 0.3) is 0 Å². The van der Waals surface area contributed by atoms with E-state index >= 15 is 0 Å². The topological polar surface area (TPSA) is 90.3 Å². The van der Waals surface area contributed by atoms with Crippen molar-refractivity contribution in [2.24, 2.45) is 7.05 Å². The van der Waals surface area contributed by atoms with E-state index in [0.717, 1.165) is 11.3 Å². The Hall–Kier alpha value is -2.96. The highest BCUT2D eigenvalue weighted by atomic mass is 16.5. The summed E-state index contributed by atoms with van der Waals surface area (Å²) in [4.78, 5) is 36.3. The van der Waals surface area contributed by atoms with Crippen LogP contribution in [0.2, 0.25) is 0 Å². The third kappa shape index (κ3) is 5.26. The lowest BCUT2D eigenvalue weighted by atomic mass is 10.1. The number of ketones is 1. The van der Waals surface area contributed by atoms with Gasteiger partial charge in [0.05, 0.1) is 23.5 Å². The summed E-state index contributed by atoms with van der Waals surface area (Å²) in [6.07, 6.45) is -1.00. The Kier molecular flexibility index (Phi) is 6.50. The molecule has 0 spiro atoms. The van der Waals surface area contributed by atoms with Crippen LogP contribution in [0, 0.1) is 20.8 Å². The van der Waals surface area contributed by atoms with Crippen LogP contribution in [0.5, 0.6) is 0 Å². The molecule has 0 unspecified atom stereocenters. The number of ether oxygens (including phenoxy) is 1. The number of nitrogens with one attached hydrogen (secondary N) is 1. The van der Waals surface area contributed by atoms with Gasteiger partial charge in [-0.3, -0.25) is 19.1 Å². The molecule has 7 nitrogen and oxygen atoms in total. The molecule has 27 heavy (non-hydrogen) atoms. The number of esters is 1. The SMILES string of the molecule is Cc1ccc(C(=O)CCC(=O)O[C@@H](C)C(=O)Nc2c(C)nn(C)c2C)cc1. The Labute approximate surface area is 158 Å². The highest BCUT2D eigenvalue weighted by Gasteiger charge is 2.21. The molecule has 2 aromatic rings. The van der Waals surface area contributed by atoms with E-state index in [1.807, 2.05) is 26.0 Å². The van der Waals surface area contributed by atoms with Crippen molar-refractivity contribution in [3.8, 4) is 0 Å². The molecule has 1 heterocycles. The minimum atomic E-state index is -0.967. The van der Waals surface area contributed by atoms with Crippen LogP contribution in [-0.4, -0.2) is 33.5 Å². The van der Waals surface area contributed by atoms with Crippen LogP contribution >= 0.6 is 0 Å². The predicted octanol–water partition coefficient (Wildman–Crippen LogP) is 2.88. The highest BCUT2D eigenvalue weighted by Crippen LogP contribution is 2.19. The number of nitrogens with zero attached hydrogens (tertiary/aromatic N) is 2. The van der Waals surface area contributed by atoms with Gasteiger partial charge in [-0.2, -0.15) is 5.10 Å². The van der Waals surface area contributed by atoms with Crippen molar-refractivity contribution in [3.63, 3.8) is 0 Å². The largest absolute Gasteiger partial charge is 0.453 e. The molecule has 144 valence electrons.